The van der Waals surface area contributed by atoms with Crippen LogP contribution in [0.25, 0.3) is 0 Å². The molecule has 0 aromatic heterocycles. The average Bonchev–Trinajstić information content (AvgIpc) is 2.26. The highest BCUT2D eigenvalue weighted by atomic mass is 16.2. The predicted molar refractivity (Wildman–Crippen MR) is 66.4 cm³/mol. The van der Waals surface area contributed by atoms with Crippen LogP contribution in [0.5, 0.6) is 0 Å². The van der Waals surface area contributed by atoms with E-state index in [2.05, 4.69) is 10.2 Å². The van der Waals surface area contributed by atoms with Crippen LogP contribution in [0, 0.1) is 0 Å². The number of rotatable bonds is 4. The Labute approximate surface area is 98.3 Å². The minimum Gasteiger partial charge on any atom is -0.341 e. The molecule has 16 heavy (non-hydrogen) atoms. The van der Waals surface area contributed by atoms with Crippen molar-refractivity contribution in [2.75, 3.05) is 46.3 Å². The first-order valence-corrected chi connectivity index (χ1v) is 5.92. The van der Waals surface area contributed by atoms with Gasteiger partial charge in [0.05, 0.1) is 0 Å². The van der Waals surface area contributed by atoms with Crippen LogP contribution in [-0.4, -0.2) is 62.0 Å². The van der Waals surface area contributed by atoms with E-state index in [1.54, 1.807) is 11.0 Å². The van der Waals surface area contributed by atoms with Crippen LogP contribution in [0.2, 0.25) is 0 Å². The van der Waals surface area contributed by atoms with Crippen molar-refractivity contribution in [1.29, 1.82) is 0 Å². The van der Waals surface area contributed by atoms with E-state index in [0.717, 1.165) is 44.8 Å². The Morgan fingerprint density at radius 1 is 1.38 bits per heavy atom. The lowest BCUT2D eigenvalue weighted by Gasteiger charge is -2.28. The van der Waals surface area contributed by atoms with Crippen molar-refractivity contribution in [3.63, 3.8) is 0 Å². The fraction of sp³-hybridized carbons (Fsp3) is 0.750. The average molecular weight is 225 g/mol. The van der Waals surface area contributed by atoms with Gasteiger partial charge in [0.1, 0.15) is 0 Å². The van der Waals surface area contributed by atoms with Gasteiger partial charge in [0, 0.05) is 52.4 Å². The van der Waals surface area contributed by atoms with Crippen LogP contribution in [0.4, 0.5) is 0 Å². The normalized spacial score (nSPS) is 16.9. The topological polar surface area (TPSA) is 35.6 Å². The Bertz CT molecular complexity index is 253. The number of carbonyl (C=O) groups is 1. The molecule has 1 N–H and O–H groups in total. The third kappa shape index (κ3) is 4.77. The Morgan fingerprint density at radius 2 is 2.00 bits per heavy atom. The molecule has 1 fully saturated rings. The maximum Gasteiger partial charge on any atom is 0.246 e. The van der Waals surface area contributed by atoms with Crippen molar-refractivity contribution in [3.8, 4) is 0 Å². The molecule has 0 radical (unpaired) electrons. The second-order valence-electron chi connectivity index (χ2n) is 4.57. The summed E-state index contributed by atoms with van der Waals surface area (Å²) < 4.78 is 0. The van der Waals surface area contributed by atoms with Crippen molar-refractivity contribution in [1.82, 2.24) is 15.1 Å². The molecule has 4 heteroatoms. The van der Waals surface area contributed by atoms with E-state index in [0.29, 0.717) is 0 Å². The first-order chi connectivity index (χ1) is 7.59. The third-order valence-corrected chi connectivity index (χ3v) is 2.75. The summed E-state index contributed by atoms with van der Waals surface area (Å²) in [5.41, 5.74) is 1.05. The Kier molecular flexibility index (Phi) is 5.49. The molecule has 0 unspecified atom stereocenters. The predicted octanol–water partition coefficient (Wildman–Crippen LogP) is 0.316. The lowest BCUT2D eigenvalue weighted by molar-refractivity contribution is -0.125. The van der Waals surface area contributed by atoms with E-state index < -0.39 is 0 Å². The van der Waals surface area contributed by atoms with E-state index in [9.17, 15) is 4.79 Å². The van der Waals surface area contributed by atoms with Gasteiger partial charge in [-0.3, -0.25) is 9.69 Å². The Morgan fingerprint density at radius 3 is 2.56 bits per heavy atom. The minimum atomic E-state index is 0.107. The zero-order valence-corrected chi connectivity index (χ0v) is 10.6. The van der Waals surface area contributed by atoms with Gasteiger partial charge < -0.3 is 10.2 Å². The van der Waals surface area contributed by atoms with Crippen molar-refractivity contribution in [3.05, 3.63) is 11.6 Å². The largest absolute Gasteiger partial charge is 0.341 e. The molecule has 1 heterocycles. The fourth-order valence-corrected chi connectivity index (χ4v) is 1.69. The van der Waals surface area contributed by atoms with Crippen molar-refractivity contribution in [2.24, 2.45) is 0 Å². The van der Waals surface area contributed by atoms with E-state index in [1.807, 2.05) is 20.9 Å². The first kappa shape index (κ1) is 13.2. The van der Waals surface area contributed by atoms with Crippen LogP contribution >= 0.6 is 0 Å². The lowest BCUT2D eigenvalue weighted by Crippen LogP contribution is -2.46. The highest BCUT2D eigenvalue weighted by Crippen LogP contribution is 1.96. The van der Waals surface area contributed by atoms with Crippen molar-refractivity contribution < 1.29 is 4.79 Å². The zero-order valence-electron chi connectivity index (χ0n) is 10.6. The molecule has 0 aromatic rings. The van der Waals surface area contributed by atoms with Crippen LogP contribution in [0.15, 0.2) is 11.6 Å². The number of allylic oxidation sites excluding steroid dienone is 1. The van der Waals surface area contributed by atoms with Gasteiger partial charge in [-0.25, -0.2) is 0 Å². The Hall–Kier alpha value is -0.870. The first-order valence-electron chi connectivity index (χ1n) is 5.92. The SMILES string of the molecule is CC(C)=CC(=O)N(C)CCN1CCNCC1. The monoisotopic (exact) mass is 225 g/mol. The number of hydrogen-bond donors (Lipinski definition) is 1. The Balaban J connectivity index is 2.25. The molecule has 92 valence electrons. The van der Waals surface area contributed by atoms with Crippen LogP contribution in [-0.2, 0) is 4.79 Å². The number of amides is 1. The third-order valence-electron chi connectivity index (χ3n) is 2.75. The maximum atomic E-state index is 11.6. The van der Waals surface area contributed by atoms with Crippen molar-refractivity contribution in [2.45, 2.75) is 13.8 Å². The molecule has 0 saturated carbocycles. The number of nitrogens with zero attached hydrogens (tertiary/aromatic N) is 2. The highest BCUT2D eigenvalue weighted by molar-refractivity contribution is 5.87. The fourth-order valence-electron chi connectivity index (χ4n) is 1.69. The van der Waals surface area contributed by atoms with E-state index in [4.69, 9.17) is 0 Å². The molecular weight excluding hydrogens is 202 g/mol. The molecule has 1 aliphatic rings. The molecule has 1 rings (SSSR count). The van der Waals surface area contributed by atoms with Crippen molar-refractivity contribution >= 4 is 5.91 Å². The summed E-state index contributed by atoms with van der Waals surface area (Å²) in [5.74, 6) is 0.107. The number of likely N-dealkylation sites (N-methyl/N-ethyl adjacent to an activating group) is 1. The molecule has 1 amide bonds. The second-order valence-corrected chi connectivity index (χ2v) is 4.57. The van der Waals surface area contributed by atoms with E-state index in [-0.39, 0.29) is 5.91 Å². The molecule has 0 aromatic carbocycles. The molecular formula is C12H23N3O. The molecule has 1 saturated heterocycles. The number of hydrogen-bond acceptors (Lipinski definition) is 3. The van der Waals surface area contributed by atoms with E-state index in [1.165, 1.54) is 0 Å². The molecule has 0 aliphatic carbocycles. The zero-order chi connectivity index (χ0) is 12.0. The van der Waals surface area contributed by atoms with Crippen LogP contribution in [0.1, 0.15) is 13.8 Å². The van der Waals surface area contributed by atoms with Gasteiger partial charge in [0.15, 0.2) is 0 Å². The number of carbonyl (C=O) groups excluding carboxylic acids is 1. The second kappa shape index (κ2) is 6.66. The van der Waals surface area contributed by atoms with Crippen LogP contribution in [0.3, 0.4) is 0 Å². The molecule has 0 bridgehead atoms. The highest BCUT2D eigenvalue weighted by Gasteiger charge is 2.11. The molecule has 1 aliphatic heterocycles. The quantitative estimate of drug-likeness (QED) is 0.700. The molecule has 0 spiro atoms. The van der Waals surface area contributed by atoms with Gasteiger partial charge in [0.2, 0.25) is 5.91 Å². The lowest BCUT2D eigenvalue weighted by atomic mass is 10.3. The summed E-state index contributed by atoms with van der Waals surface area (Å²) in [5, 5.41) is 3.32. The maximum absolute atomic E-state index is 11.6. The van der Waals surface area contributed by atoms with E-state index >= 15 is 0 Å². The van der Waals surface area contributed by atoms with Gasteiger partial charge in [0.25, 0.3) is 0 Å². The number of piperazine rings is 1. The summed E-state index contributed by atoms with van der Waals surface area (Å²) in [6, 6.07) is 0. The van der Waals surface area contributed by atoms with Gasteiger partial charge >= 0.3 is 0 Å². The summed E-state index contributed by atoms with van der Waals surface area (Å²) in [7, 11) is 1.87. The van der Waals surface area contributed by atoms with Gasteiger partial charge in [-0.1, -0.05) is 5.57 Å². The van der Waals surface area contributed by atoms with Gasteiger partial charge in [-0.05, 0) is 13.8 Å². The minimum absolute atomic E-state index is 0.107. The molecule has 4 nitrogen and oxygen atoms in total. The summed E-state index contributed by atoms with van der Waals surface area (Å²) >= 11 is 0. The standard InChI is InChI=1S/C12H23N3O/c1-11(2)10-12(16)14(3)8-9-15-6-4-13-5-7-15/h10,13H,4-9H2,1-3H3. The van der Waals surface area contributed by atoms with Crippen LogP contribution < -0.4 is 5.32 Å². The summed E-state index contributed by atoms with van der Waals surface area (Å²) in [6.45, 7) is 9.97. The molecule has 0 atom stereocenters. The summed E-state index contributed by atoms with van der Waals surface area (Å²) in [4.78, 5) is 15.8. The number of nitrogens with one attached hydrogen (secondary N) is 1. The smallest absolute Gasteiger partial charge is 0.246 e. The van der Waals surface area contributed by atoms with Gasteiger partial charge in [-0.15, -0.1) is 0 Å². The van der Waals surface area contributed by atoms with Gasteiger partial charge in [-0.2, -0.15) is 0 Å². The summed E-state index contributed by atoms with van der Waals surface area (Å²) in [6.07, 6.45) is 1.69.